The molecule has 6 heterocycles. The van der Waals surface area contributed by atoms with Crippen molar-refractivity contribution in [3.05, 3.63) is 80.5 Å². The van der Waals surface area contributed by atoms with Crippen molar-refractivity contribution in [2.45, 2.75) is 113 Å². The number of ether oxygens (including phenoxy) is 2. The molecule has 6 aliphatic rings. The number of benzene rings is 2. The fourth-order valence-electron chi connectivity index (χ4n) is 10.4. The lowest BCUT2D eigenvalue weighted by molar-refractivity contribution is -0.137. The van der Waals surface area contributed by atoms with E-state index in [0.717, 1.165) is 101 Å². The zero-order valence-electron chi connectivity index (χ0n) is 36.3. The number of nitrogens with one attached hydrogen (secondary N) is 3. The Balaban J connectivity index is 0.699. The van der Waals surface area contributed by atoms with E-state index in [2.05, 4.69) is 30.7 Å². The van der Waals surface area contributed by atoms with E-state index in [1.54, 1.807) is 29.0 Å². The van der Waals surface area contributed by atoms with E-state index in [4.69, 9.17) is 26.1 Å². The minimum absolute atomic E-state index is 0.0393. The lowest BCUT2D eigenvalue weighted by Crippen LogP contribution is -2.52. The van der Waals surface area contributed by atoms with Crippen molar-refractivity contribution in [3.8, 4) is 5.75 Å². The first-order chi connectivity index (χ1) is 31.5. The van der Waals surface area contributed by atoms with Gasteiger partial charge in [0.1, 0.15) is 16.9 Å². The summed E-state index contributed by atoms with van der Waals surface area (Å²) in [5.74, 6) is -0.639. The maximum absolute atomic E-state index is 16.0. The first-order valence-electron chi connectivity index (χ1n) is 22.9. The van der Waals surface area contributed by atoms with Crippen LogP contribution in [0.3, 0.4) is 0 Å². The van der Waals surface area contributed by atoms with Crippen LogP contribution in [-0.4, -0.2) is 112 Å². The molecular formula is C47H53ClFN9O7. The average molecular weight is 910 g/mol. The number of aromatic nitrogens is 3. The van der Waals surface area contributed by atoms with E-state index < -0.39 is 11.9 Å². The summed E-state index contributed by atoms with van der Waals surface area (Å²) in [6, 6.07) is 10.6. The standard InChI is InChI=1S/C47H53ClFN9O7/c1-50-41(60)25-64-39-20-27-19-28(5-8-37(27)58(46(39)63)29-3-2-4-29)52-43-36(48)23-51-47(54-43)56-17-13-31(14-18-56)65-32-21-30(22-32)55-15-11-26(12-16-55)33-6-7-34-35(42(33)49)24-57(45(34)62)38-9-10-40(59)53-44(38)61/h5-8,19-20,23,26,29-32,38H,2-4,9-18,21-22,24-25H2,1H3,(H,50,60)(H,51,52,54)(H,53,59,61)/t30-,32-,38?. The number of pyridine rings is 1. The van der Waals surface area contributed by atoms with Crippen molar-refractivity contribution in [2.24, 2.45) is 0 Å². The number of nitrogens with zero attached hydrogens (tertiary/aromatic N) is 6. The van der Waals surface area contributed by atoms with Crippen molar-refractivity contribution in [2.75, 3.05) is 50.1 Å². The molecule has 4 aliphatic heterocycles. The van der Waals surface area contributed by atoms with Crippen LogP contribution in [0.4, 0.5) is 21.8 Å². The van der Waals surface area contributed by atoms with E-state index in [9.17, 15) is 24.0 Å². The molecular weight excluding hydrogens is 857 g/mol. The van der Waals surface area contributed by atoms with Gasteiger partial charge in [-0.2, -0.15) is 4.98 Å². The second-order valence-electron chi connectivity index (χ2n) is 18.3. The molecule has 342 valence electrons. The quantitative estimate of drug-likeness (QED) is 0.156. The van der Waals surface area contributed by atoms with Crippen LogP contribution in [0.25, 0.3) is 10.9 Å². The van der Waals surface area contributed by atoms with Crippen LogP contribution in [0.1, 0.15) is 104 Å². The molecule has 0 bridgehead atoms. The summed E-state index contributed by atoms with van der Waals surface area (Å²) in [4.78, 5) is 78.1. The number of carbonyl (C=O) groups is 4. The molecule has 3 N–H and O–H groups in total. The Bertz CT molecular complexity index is 2600. The second kappa shape index (κ2) is 18.0. The highest BCUT2D eigenvalue weighted by atomic mass is 35.5. The van der Waals surface area contributed by atoms with E-state index in [0.29, 0.717) is 39.5 Å². The van der Waals surface area contributed by atoms with Gasteiger partial charge in [-0.1, -0.05) is 17.7 Å². The number of rotatable bonds is 12. The van der Waals surface area contributed by atoms with Crippen LogP contribution in [0.2, 0.25) is 5.02 Å². The SMILES string of the molecule is CNC(=O)COc1cc2cc(Nc3nc(N4CCC(O[C@H]5C[C@H](N6CCC(c7ccc8c(c7F)CN(C7CCC(=O)NC7=O)C8=O)CC6)C5)CC4)ncc3Cl)ccc2n(C2CCC2)c1=O. The summed E-state index contributed by atoms with van der Waals surface area (Å²) in [6.07, 6.45) is 10.5. The van der Waals surface area contributed by atoms with Crippen molar-refractivity contribution in [1.82, 2.24) is 35.0 Å². The largest absolute Gasteiger partial charge is 0.478 e. The Hall–Kier alpha value is -5.65. The van der Waals surface area contributed by atoms with Gasteiger partial charge in [0, 0.05) is 60.8 Å². The van der Waals surface area contributed by atoms with Gasteiger partial charge in [0.2, 0.25) is 17.8 Å². The average Bonchev–Trinajstić information content (AvgIpc) is 3.61. The Morgan fingerprint density at radius 1 is 0.938 bits per heavy atom. The zero-order chi connectivity index (χ0) is 44.9. The summed E-state index contributed by atoms with van der Waals surface area (Å²) < 4.78 is 30.1. The molecule has 4 aromatic rings. The molecule has 3 saturated heterocycles. The minimum atomic E-state index is -0.768. The molecule has 2 aromatic carbocycles. The van der Waals surface area contributed by atoms with Gasteiger partial charge < -0.3 is 39.4 Å². The number of halogens is 2. The number of hydrogen-bond acceptors (Lipinski definition) is 12. The molecule has 2 saturated carbocycles. The van der Waals surface area contributed by atoms with Gasteiger partial charge >= 0.3 is 0 Å². The predicted octanol–water partition coefficient (Wildman–Crippen LogP) is 5.33. The van der Waals surface area contributed by atoms with E-state index in [1.165, 1.54) is 11.9 Å². The molecule has 16 nitrogen and oxygen atoms in total. The number of imide groups is 1. The zero-order valence-corrected chi connectivity index (χ0v) is 37.1. The van der Waals surface area contributed by atoms with Crippen LogP contribution in [0.5, 0.6) is 5.75 Å². The number of piperidine rings is 3. The number of likely N-dealkylation sites (tertiary alicyclic amines) is 1. The molecule has 18 heteroatoms. The van der Waals surface area contributed by atoms with Crippen LogP contribution >= 0.6 is 11.6 Å². The number of likely N-dealkylation sites (N-methyl/N-ethyl adjacent to an activating group) is 1. The molecule has 1 atom stereocenters. The van der Waals surface area contributed by atoms with Crippen LogP contribution in [0, 0.1) is 5.82 Å². The Morgan fingerprint density at radius 3 is 2.45 bits per heavy atom. The van der Waals surface area contributed by atoms with Crippen molar-refractivity contribution in [1.29, 1.82) is 0 Å². The number of amides is 4. The van der Waals surface area contributed by atoms with E-state index in [1.807, 2.05) is 18.2 Å². The van der Waals surface area contributed by atoms with E-state index >= 15 is 4.39 Å². The molecule has 65 heavy (non-hydrogen) atoms. The number of fused-ring (bicyclic) bond motifs is 2. The highest BCUT2D eigenvalue weighted by molar-refractivity contribution is 6.33. The van der Waals surface area contributed by atoms with E-state index in [-0.39, 0.29) is 85.0 Å². The summed E-state index contributed by atoms with van der Waals surface area (Å²) in [6.45, 7) is 3.01. The van der Waals surface area contributed by atoms with Crippen LogP contribution in [0.15, 0.2) is 47.4 Å². The summed E-state index contributed by atoms with van der Waals surface area (Å²) in [5, 5.41) is 9.34. The highest BCUT2D eigenvalue weighted by Crippen LogP contribution is 2.40. The Labute approximate surface area is 380 Å². The lowest BCUT2D eigenvalue weighted by atomic mass is 9.83. The third-order valence-corrected chi connectivity index (χ3v) is 14.7. The monoisotopic (exact) mass is 909 g/mol. The van der Waals surface area contributed by atoms with Crippen molar-refractivity contribution >= 4 is 63.6 Å². The van der Waals surface area contributed by atoms with Gasteiger partial charge in [0.15, 0.2) is 18.2 Å². The third-order valence-electron chi connectivity index (χ3n) is 14.4. The molecule has 2 aliphatic carbocycles. The molecule has 0 spiro atoms. The van der Waals surface area contributed by atoms with Crippen molar-refractivity contribution in [3.63, 3.8) is 0 Å². The van der Waals surface area contributed by atoms with Crippen molar-refractivity contribution < 1.29 is 33.0 Å². The topological polar surface area (TPSA) is 180 Å². The summed E-state index contributed by atoms with van der Waals surface area (Å²) in [5.41, 5.74) is 2.58. The number of anilines is 3. The van der Waals surface area contributed by atoms with Gasteiger partial charge in [-0.3, -0.25) is 29.3 Å². The maximum atomic E-state index is 16.0. The van der Waals surface area contributed by atoms with Gasteiger partial charge in [0.05, 0.1) is 30.5 Å². The molecule has 1 unspecified atom stereocenters. The van der Waals surface area contributed by atoms with Gasteiger partial charge in [-0.25, -0.2) is 9.37 Å². The highest BCUT2D eigenvalue weighted by Gasteiger charge is 2.42. The van der Waals surface area contributed by atoms with Crippen LogP contribution in [-0.2, 0) is 25.7 Å². The maximum Gasteiger partial charge on any atom is 0.293 e. The first-order valence-corrected chi connectivity index (χ1v) is 23.3. The van der Waals surface area contributed by atoms with Crippen LogP contribution < -0.4 is 31.1 Å². The molecule has 0 radical (unpaired) electrons. The Morgan fingerprint density at radius 2 is 1.72 bits per heavy atom. The fraction of sp³-hybridized carbons (Fsp3) is 0.511. The smallest absolute Gasteiger partial charge is 0.293 e. The second-order valence-corrected chi connectivity index (χ2v) is 18.7. The summed E-state index contributed by atoms with van der Waals surface area (Å²) >= 11 is 6.62. The van der Waals surface area contributed by atoms with Gasteiger partial charge in [0.25, 0.3) is 17.4 Å². The normalized spacial score (nSPS) is 23.2. The fourth-order valence-corrected chi connectivity index (χ4v) is 10.5. The molecule has 5 fully saturated rings. The third kappa shape index (κ3) is 8.53. The molecule has 4 amide bonds. The Kier molecular flexibility index (Phi) is 12.0. The molecule has 10 rings (SSSR count). The first kappa shape index (κ1) is 43.3. The van der Waals surface area contributed by atoms with Gasteiger partial charge in [-0.15, -0.1) is 0 Å². The molecule has 2 aromatic heterocycles. The predicted molar refractivity (Wildman–Crippen MR) is 240 cm³/mol. The number of carbonyl (C=O) groups excluding carboxylic acids is 4. The lowest BCUT2D eigenvalue weighted by Gasteiger charge is -2.47. The summed E-state index contributed by atoms with van der Waals surface area (Å²) in [7, 11) is 1.52. The number of hydrogen-bond donors (Lipinski definition) is 3. The minimum Gasteiger partial charge on any atom is -0.478 e. The van der Waals surface area contributed by atoms with Gasteiger partial charge in [-0.05, 0) is 119 Å².